The molecule has 0 bridgehead atoms. The highest BCUT2D eigenvalue weighted by molar-refractivity contribution is 7.92. The predicted octanol–water partition coefficient (Wildman–Crippen LogP) is 2.54. The van der Waals surface area contributed by atoms with Gasteiger partial charge in [-0.2, -0.15) is 0 Å². The van der Waals surface area contributed by atoms with E-state index in [9.17, 15) is 14.0 Å². The van der Waals surface area contributed by atoms with Crippen LogP contribution in [-0.4, -0.2) is 48.5 Å². The van der Waals surface area contributed by atoms with Crippen LogP contribution in [0.4, 0.5) is 4.39 Å². The third-order valence-electron chi connectivity index (χ3n) is 3.08. The first-order valence-electron chi connectivity index (χ1n) is 8.15. The van der Waals surface area contributed by atoms with Crippen LogP contribution >= 0.6 is 23.8 Å². The van der Waals surface area contributed by atoms with Crippen LogP contribution in [0.3, 0.4) is 0 Å². The van der Waals surface area contributed by atoms with E-state index in [0.717, 1.165) is 0 Å². The molecular weight excluding hydrogens is 397 g/mol. The van der Waals surface area contributed by atoms with Gasteiger partial charge in [-0.15, -0.1) is 0 Å². The molecule has 0 aliphatic carbocycles. The summed E-state index contributed by atoms with van der Waals surface area (Å²) in [5, 5.41) is 5.19. The Labute approximate surface area is 167 Å². The van der Waals surface area contributed by atoms with E-state index in [1.807, 2.05) is 11.2 Å². The van der Waals surface area contributed by atoms with Crippen LogP contribution in [0.15, 0.2) is 48.1 Å². The van der Waals surface area contributed by atoms with Crippen molar-refractivity contribution < 1.29 is 22.9 Å². The second-order valence-corrected chi connectivity index (χ2v) is 6.61. The molecule has 0 aromatic carbocycles. The highest BCUT2D eigenvalue weighted by Crippen LogP contribution is 2.28. The van der Waals surface area contributed by atoms with Crippen molar-refractivity contribution in [2.75, 3.05) is 26.3 Å². The zero-order valence-corrected chi connectivity index (χ0v) is 16.6. The zero-order chi connectivity index (χ0) is 20.2. The van der Waals surface area contributed by atoms with Crippen LogP contribution in [-0.2, 0) is 18.5 Å². The molecule has 0 saturated carbocycles. The van der Waals surface area contributed by atoms with Gasteiger partial charge < -0.3 is 19.6 Å². The quantitative estimate of drug-likeness (QED) is 0.157. The van der Waals surface area contributed by atoms with Crippen molar-refractivity contribution in [3.8, 4) is 0 Å². The van der Waals surface area contributed by atoms with Crippen molar-refractivity contribution in [3.63, 3.8) is 0 Å². The molecule has 10 heteroatoms. The number of hydrogen-bond donors (Lipinski definition) is 2. The molecule has 2 amide bonds. The molecule has 2 atom stereocenters. The monoisotopic (exact) mass is 419 g/mol. The minimum absolute atomic E-state index is 0.144. The van der Waals surface area contributed by atoms with Crippen molar-refractivity contribution >= 4 is 35.6 Å². The van der Waals surface area contributed by atoms with Crippen molar-refractivity contribution in [3.05, 3.63) is 48.1 Å². The van der Waals surface area contributed by atoms with Gasteiger partial charge in [0.25, 0.3) is 5.91 Å². The van der Waals surface area contributed by atoms with Crippen molar-refractivity contribution in [2.24, 2.45) is 0 Å². The third-order valence-corrected chi connectivity index (χ3v) is 4.34. The second kappa shape index (κ2) is 12.6. The molecule has 2 unspecified atom stereocenters. The summed E-state index contributed by atoms with van der Waals surface area (Å²) >= 11 is 6.67. The molecule has 0 aromatic rings. The number of carbonyl (C=O) groups is 2. The summed E-state index contributed by atoms with van der Waals surface area (Å²) in [6, 6.07) is -0.217. The number of nitrogens with zero attached hydrogens (tertiary/aromatic N) is 1. The number of amides is 2. The molecule has 1 fully saturated rings. The zero-order valence-electron chi connectivity index (χ0n) is 15.0. The molecule has 2 N–H and O–H groups in total. The van der Waals surface area contributed by atoms with Crippen LogP contribution in [0.2, 0.25) is 0 Å². The maximum atomic E-state index is 12.6. The van der Waals surface area contributed by atoms with Crippen LogP contribution in [0.25, 0.3) is 0 Å². The third kappa shape index (κ3) is 10.2. The maximum absolute atomic E-state index is 12.6. The Morgan fingerprint density at radius 1 is 1.44 bits per heavy atom. The van der Waals surface area contributed by atoms with Gasteiger partial charge in [0.2, 0.25) is 5.91 Å². The molecular formula is C17H23ClFN3O4S. The summed E-state index contributed by atoms with van der Waals surface area (Å²) in [4.78, 5) is 23.5. The molecule has 1 saturated heterocycles. The van der Waals surface area contributed by atoms with Crippen LogP contribution in [0, 0.1) is 0 Å². The maximum Gasteiger partial charge on any atom is 0.257 e. The predicted molar refractivity (Wildman–Crippen MR) is 104 cm³/mol. The average molecular weight is 420 g/mol. The SMILES string of the molecule is C=C(CCNC(=O)CO/C=C/C=C(/Cl)C(=C)F)NC(=O)C1CN1SOCC. The molecule has 0 radical (unpaired) electrons. The molecule has 1 heterocycles. The van der Waals surface area contributed by atoms with Gasteiger partial charge in [0, 0.05) is 25.2 Å². The first-order chi connectivity index (χ1) is 12.8. The minimum atomic E-state index is -0.756. The molecule has 1 aliphatic rings. The number of halogens is 2. The van der Waals surface area contributed by atoms with Gasteiger partial charge in [-0.05, 0) is 19.1 Å². The summed E-state index contributed by atoms with van der Waals surface area (Å²) in [7, 11) is 0. The second-order valence-electron chi connectivity index (χ2n) is 5.35. The number of ether oxygens (including phenoxy) is 1. The van der Waals surface area contributed by atoms with E-state index in [0.29, 0.717) is 31.8 Å². The number of rotatable bonds is 13. The Kier molecular flexibility index (Phi) is 10.8. The fourth-order valence-corrected chi connectivity index (χ4v) is 2.37. The number of hydrogen-bond acceptors (Lipinski definition) is 6. The van der Waals surface area contributed by atoms with E-state index in [1.54, 1.807) is 0 Å². The summed E-state index contributed by atoms with van der Waals surface area (Å²) in [5.41, 5.74) is 0.514. The van der Waals surface area contributed by atoms with Gasteiger partial charge in [-0.3, -0.25) is 9.59 Å². The Morgan fingerprint density at radius 3 is 2.85 bits per heavy atom. The minimum Gasteiger partial charge on any atom is -0.491 e. The van der Waals surface area contributed by atoms with Gasteiger partial charge in [-0.25, -0.2) is 8.70 Å². The molecule has 0 aromatic heterocycles. The highest BCUT2D eigenvalue weighted by Gasteiger charge is 2.42. The van der Waals surface area contributed by atoms with Crippen molar-refractivity contribution in [2.45, 2.75) is 19.4 Å². The summed E-state index contributed by atoms with van der Waals surface area (Å²) < 4.78 is 24.5. The van der Waals surface area contributed by atoms with Gasteiger partial charge in [0.15, 0.2) is 6.61 Å². The van der Waals surface area contributed by atoms with Gasteiger partial charge in [-0.1, -0.05) is 24.8 Å². The molecule has 1 rings (SSSR count). The summed E-state index contributed by atoms with van der Waals surface area (Å²) in [6.07, 6.45) is 4.21. The summed E-state index contributed by atoms with van der Waals surface area (Å²) in [5.74, 6) is -1.24. The average Bonchev–Trinajstić information content (AvgIpc) is 3.39. The van der Waals surface area contributed by atoms with Gasteiger partial charge >= 0.3 is 0 Å². The fourth-order valence-electron chi connectivity index (χ4n) is 1.66. The first-order valence-corrected chi connectivity index (χ1v) is 9.23. The van der Waals surface area contributed by atoms with E-state index in [-0.39, 0.29) is 29.5 Å². The molecule has 1 aliphatic heterocycles. The lowest BCUT2D eigenvalue weighted by atomic mass is 10.3. The normalized spacial score (nSPS) is 18.9. The fraction of sp³-hybridized carbons (Fsp3) is 0.412. The Hall–Kier alpha value is -1.81. The number of nitrogens with one attached hydrogen (secondary N) is 2. The lowest BCUT2D eigenvalue weighted by Crippen LogP contribution is -2.32. The molecule has 0 spiro atoms. The van der Waals surface area contributed by atoms with E-state index < -0.39 is 5.83 Å². The van der Waals surface area contributed by atoms with E-state index in [4.69, 9.17) is 20.5 Å². The first kappa shape index (κ1) is 23.2. The molecule has 150 valence electrons. The Morgan fingerprint density at radius 2 is 2.19 bits per heavy atom. The largest absolute Gasteiger partial charge is 0.491 e. The molecule has 27 heavy (non-hydrogen) atoms. The Balaban J connectivity index is 2.11. The topological polar surface area (TPSA) is 79.7 Å². The van der Waals surface area contributed by atoms with Crippen LogP contribution in [0.5, 0.6) is 0 Å². The highest BCUT2D eigenvalue weighted by atomic mass is 35.5. The van der Waals surface area contributed by atoms with Gasteiger partial charge in [0.1, 0.15) is 11.9 Å². The number of carbonyl (C=O) groups excluding carboxylic acids is 2. The van der Waals surface area contributed by atoms with E-state index in [2.05, 4.69) is 23.8 Å². The van der Waals surface area contributed by atoms with Gasteiger partial charge in [0.05, 0.1) is 30.1 Å². The standard InChI is InChI=1S/C17H23ClFN3O4S/c1-4-26-27-22-10-15(22)17(24)21-12(2)7-8-20-16(23)11-25-9-5-6-14(18)13(3)19/h5-6,9,15H,2-4,7-8,10-11H2,1H3,(H,20,23)(H,21,24)/b9-5+,14-6+. The van der Waals surface area contributed by atoms with Crippen molar-refractivity contribution in [1.82, 2.24) is 14.9 Å². The lowest BCUT2D eigenvalue weighted by Gasteiger charge is -2.09. The summed E-state index contributed by atoms with van der Waals surface area (Å²) in [6.45, 7) is 9.97. The Bertz CT molecular complexity index is 627. The van der Waals surface area contributed by atoms with E-state index in [1.165, 1.54) is 30.6 Å². The van der Waals surface area contributed by atoms with Crippen molar-refractivity contribution in [1.29, 1.82) is 0 Å². The van der Waals surface area contributed by atoms with E-state index >= 15 is 0 Å². The van der Waals surface area contributed by atoms with Crippen LogP contribution in [0.1, 0.15) is 13.3 Å². The molecule has 7 nitrogen and oxygen atoms in total. The van der Waals surface area contributed by atoms with Crippen LogP contribution < -0.4 is 10.6 Å². The number of allylic oxidation sites excluding steroid dienone is 4. The smallest absolute Gasteiger partial charge is 0.257 e. The lowest BCUT2D eigenvalue weighted by molar-refractivity contribution is -0.124.